The highest BCUT2D eigenvalue weighted by Crippen LogP contribution is 2.31. The molecule has 5 heteroatoms. The molecule has 0 aromatic heterocycles. The number of benzene rings is 2. The third-order valence-corrected chi connectivity index (χ3v) is 4.32. The second kappa shape index (κ2) is 6.47. The molecule has 1 unspecified atom stereocenters. The number of para-hydroxylation sites is 1. The summed E-state index contributed by atoms with van der Waals surface area (Å²) in [5.74, 6) is 0. The molecular formula is C14H11BrINO2. The van der Waals surface area contributed by atoms with Crippen LogP contribution in [0.2, 0.25) is 0 Å². The van der Waals surface area contributed by atoms with E-state index in [2.05, 4.69) is 44.6 Å². The van der Waals surface area contributed by atoms with Gasteiger partial charge in [0.15, 0.2) is 0 Å². The number of nitrogens with zero attached hydrogens (tertiary/aromatic N) is 1. The summed E-state index contributed by atoms with van der Waals surface area (Å²) in [5, 5.41) is 11.0. The molecule has 1 atom stereocenters. The van der Waals surface area contributed by atoms with Crippen molar-refractivity contribution >= 4 is 44.2 Å². The third-order valence-electron chi connectivity index (χ3n) is 2.80. The summed E-state index contributed by atoms with van der Waals surface area (Å²) in [6.45, 7) is 0. The van der Waals surface area contributed by atoms with Crippen LogP contribution in [0.15, 0.2) is 48.5 Å². The van der Waals surface area contributed by atoms with Gasteiger partial charge in [-0.3, -0.25) is 10.1 Å². The van der Waals surface area contributed by atoms with Crippen LogP contribution in [0.3, 0.4) is 0 Å². The SMILES string of the molecule is O=[N+]([O-])c1ccccc1CC(Br)c1cccc(I)c1. The van der Waals surface area contributed by atoms with Crippen LogP contribution in [-0.4, -0.2) is 4.92 Å². The fourth-order valence-electron chi connectivity index (χ4n) is 1.87. The van der Waals surface area contributed by atoms with Crippen molar-refractivity contribution in [3.05, 3.63) is 73.3 Å². The molecule has 2 aromatic rings. The minimum atomic E-state index is -0.330. The summed E-state index contributed by atoms with van der Waals surface area (Å²) in [7, 11) is 0. The zero-order chi connectivity index (χ0) is 13.8. The van der Waals surface area contributed by atoms with Crippen molar-refractivity contribution in [3.8, 4) is 0 Å². The van der Waals surface area contributed by atoms with E-state index in [0.29, 0.717) is 6.42 Å². The summed E-state index contributed by atoms with van der Waals surface area (Å²) < 4.78 is 1.15. The average molecular weight is 432 g/mol. The number of nitro benzene ring substituents is 1. The zero-order valence-electron chi connectivity index (χ0n) is 9.92. The van der Waals surface area contributed by atoms with Gasteiger partial charge in [-0.25, -0.2) is 0 Å². The first-order valence-electron chi connectivity index (χ1n) is 5.70. The van der Waals surface area contributed by atoms with Crippen molar-refractivity contribution in [1.29, 1.82) is 0 Å². The lowest BCUT2D eigenvalue weighted by Crippen LogP contribution is -2.00. The molecule has 0 saturated heterocycles. The monoisotopic (exact) mass is 431 g/mol. The fourth-order valence-corrected chi connectivity index (χ4v) is 3.07. The Balaban J connectivity index is 2.24. The molecule has 0 aliphatic carbocycles. The number of nitro groups is 1. The van der Waals surface area contributed by atoms with Crippen LogP contribution in [0, 0.1) is 13.7 Å². The van der Waals surface area contributed by atoms with E-state index < -0.39 is 0 Å². The molecule has 2 aromatic carbocycles. The summed E-state index contributed by atoms with van der Waals surface area (Å²) in [4.78, 5) is 10.7. The maximum atomic E-state index is 11.0. The molecule has 98 valence electrons. The second-order valence-electron chi connectivity index (χ2n) is 4.11. The van der Waals surface area contributed by atoms with Gasteiger partial charge in [0.2, 0.25) is 0 Å². The summed E-state index contributed by atoms with van der Waals surface area (Å²) in [6, 6.07) is 15.0. The van der Waals surface area contributed by atoms with Gasteiger partial charge in [-0.1, -0.05) is 46.3 Å². The van der Waals surface area contributed by atoms with Gasteiger partial charge in [0, 0.05) is 20.0 Å². The highest BCUT2D eigenvalue weighted by atomic mass is 127. The lowest BCUT2D eigenvalue weighted by Gasteiger charge is -2.11. The van der Waals surface area contributed by atoms with Gasteiger partial charge in [0.25, 0.3) is 5.69 Å². The van der Waals surface area contributed by atoms with Crippen LogP contribution in [0.4, 0.5) is 5.69 Å². The van der Waals surface area contributed by atoms with Crippen LogP contribution >= 0.6 is 38.5 Å². The van der Waals surface area contributed by atoms with Crippen LogP contribution in [-0.2, 0) is 6.42 Å². The molecule has 2 rings (SSSR count). The standard InChI is InChI=1S/C14H11BrINO2/c15-13(10-5-3-6-12(16)8-10)9-11-4-1-2-7-14(11)17(18)19/h1-8,13H,9H2. The van der Waals surface area contributed by atoms with E-state index in [-0.39, 0.29) is 15.4 Å². The zero-order valence-corrected chi connectivity index (χ0v) is 13.7. The molecule has 0 bridgehead atoms. The van der Waals surface area contributed by atoms with Crippen LogP contribution in [0.25, 0.3) is 0 Å². The molecular weight excluding hydrogens is 421 g/mol. The first-order chi connectivity index (χ1) is 9.08. The molecule has 0 amide bonds. The number of alkyl halides is 1. The van der Waals surface area contributed by atoms with E-state index >= 15 is 0 Å². The molecule has 0 aliphatic rings. The van der Waals surface area contributed by atoms with Crippen LogP contribution < -0.4 is 0 Å². The first kappa shape index (κ1) is 14.5. The Bertz CT molecular complexity index is 604. The quantitative estimate of drug-likeness (QED) is 0.299. The maximum absolute atomic E-state index is 11.0. The largest absolute Gasteiger partial charge is 0.272 e. The van der Waals surface area contributed by atoms with Crippen molar-refractivity contribution in [2.75, 3.05) is 0 Å². The highest BCUT2D eigenvalue weighted by molar-refractivity contribution is 14.1. The summed E-state index contributed by atoms with van der Waals surface area (Å²) in [6.07, 6.45) is 0.594. The lowest BCUT2D eigenvalue weighted by atomic mass is 10.0. The minimum absolute atomic E-state index is 0.0725. The summed E-state index contributed by atoms with van der Waals surface area (Å²) >= 11 is 5.87. The van der Waals surface area contributed by atoms with Crippen LogP contribution in [0.5, 0.6) is 0 Å². The number of rotatable bonds is 4. The number of hydrogen-bond acceptors (Lipinski definition) is 2. The van der Waals surface area contributed by atoms with E-state index in [0.717, 1.165) is 14.7 Å². The van der Waals surface area contributed by atoms with E-state index in [1.54, 1.807) is 18.2 Å². The van der Waals surface area contributed by atoms with Gasteiger partial charge < -0.3 is 0 Å². The van der Waals surface area contributed by atoms with Crippen molar-refractivity contribution in [2.45, 2.75) is 11.2 Å². The molecule has 0 N–H and O–H groups in total. The fraction of sp³-hybridized carbons (Fsp3) is 0.143. The average Bonchev–Trinajstić information content (AvgIpc) is 2.39. The lowest BCUT2D eigenvalue weighted by molar-refractivity contribution is -0.385. The van der Waals surface area contributed by atoms with Gasteiger partial charge in [-0.2, -0.15) is 0 Å². The van der Waals surface area contributed by atoms with E-state index in [1.807, 2.05) is 24.3 Å². The van der Waals surface area contributed by atoms with Gasteiger partial charge in [-0.15, -0.1) is 0 Å². The smallest absolute Gasteiger partial charge is 0.258 e. The Morgan fingerprint density at radius 3 is 2.63 bits per heavy atom. The van der Waals surface area contributed by atoms with Crippen molar-refractivity contribution in [1.82, 2.24) is 0 Å². The Kier molecular flexibility index (Phi) is 4.93. The molecule has 3 nitrogen and oxygen atoms in total. The minimum Gasteiger partial charge on any atom is -0.258 e. The topological polar surface area (TPSA) is 43.1 Å². The second-order valence-corrected chi connectivity index (χ2v) is 6.46. The van der Waals surface area contributed by atoms with E-state index in [4.69, 9.17) is 0 Å². The normalized spacial score (nSPS) is 12.1. The van der Waals surface area contributed by atoms with Gasteiger partial charge in [0.1, 0.15) is 0 Å². The van der Waals surface area contributed by atoms with Gasteiger partial charge in [-0.05, 0) is 46.7 Å². The molecule has 0 fully saturated rings. The van der Waals surface area contributed by atoms with Crippen molar-refractivity contribution in [2.24, 2.45) is 0 Å². The number of halogens is 2. The molecule has 0 radical (unpaired) electrons. The maximum Gasteiger partial charge on any atom is 0.272 e. The predicted molar refractivity (Wildman–Crippen MR) is 87.6 cm³/mol. The third kappa shape index (κ3) is 3.76. The van der Waals surface area contributed by atoms with Gasteiger partial charge in [0.05, 0.1) is 4.92 Å². The predicted octanol–water partition coefficient (Wildman–Crippen LogP) is 4.88. The molecule has 19 heavy (non-hydrogen) atoms. The van der Waals surface area contributed by atoms with E-state index in [9.17, 15) is 10.1 Å². The Morgan fingerprint density at radius 2 is 1.95 bits per heavy atom. The Labute approximate surface area is 133 Å². The highest BCUT2D eigenvalue weighted by Gasteiger charge is 2.16. The summed E-state index contributed by atoms with van der Waals surface area (Å²) in [5.41, 5.74) is 2.05. The van der Waals surface area contributed by atoms with Crippen molar-refractivity contribution in [3.63, 3.8) is 0 Å². The van der Waals surface area contributed by atoms with E-state index in [1.165, 1.54) is 0 Å². The molecule has 0 saturated carbocycles. The van der Waals surface area contributed by atoms with Crippen LogP contribution in [0.1, 0.15) is 16.0 Å². The Hall–Kier alpha value is -0.950. The number of hydrogen-bond donors (Lipinski definition) is 0. The molecule has 0 aliphatic heterocycles. The van der Waals surface area contributed by atoms with Gasteiger partial charge >= 0.3 is 0 Å². The van der Waals surface area contributed by atoms with Crippen molar-refractivity contribution < 1.29 is 4.92 Å². The first-order valence-corrected chi connectivity index (χ1v) is 7.69. The molecule has 0 spiro atoms. The Morgan fingerprint density at radius 1 is 1.21 bits per heavy atom. The molecule has 0 heterocycles.